The van der Waals surface area contributed by atoms with E-state index in [-0.39, 0.29) is 51.0 Å². The van der Waals surface area contributed by atoms with Crippen LogP contribution in [0.1, 0.15) is 44.9 Å². The maximum atomic E-state index is 13.7. The van der Waals surface area contributed by atoms with Crippen molar-refractivity contribution in [3.05, 3.63) is 0 Å². The van der Waals surface area contributed by atoms with Gasteiger partial charge in [-0.3, -0.25) is 9.59 Å². The number of amides is 2. The first-order valence-electron chi connectivity index (χ1n) is 12.4. The first-order valence-corrected chi connectivity index (χ1v) is 14.3. The van der Waals surface area contributed by atoms with Crippen molar-refractivity contribution < 1.29 is 32.6 Å². The van der Waals surface area contributed by atoms with Gasteiger partial charge < -0.3 is 19.6 Å². The summed E-state index contributed by atoms with van der Waals surface area (Å²) in [4.78, 5) is 42.2. The third-order valence-corrected chi connectivity index (χ3v) is 10.0. The Morgan fingerprint density at radius 2 is 1.50 bits per heavy atom. The highest BCUT2D eigenvalue weighted by Crippen LogP contribution is 2.60. The molecule has 4 bridgehead atoms. The Hall–Kier alpha value is -1.72. The molecule has 2 aliphatic heterocycles. The maximum Gasteiger partial charge on any atom is 0.329 e. The summed E-state index contributed by atoms with van der Waals surface area (Å²) in [5, 5.41) is 10.3. The number of hydrogen-bond acceptors (Lipinski definition) is 7. The van der Waals surface area contributed by atoms with E-state index >= 15 is 0 Å². The number of piperazine rings is 1. The van der Waals surface area contributed by atoms with Gasteiger partial charge in [-0.2, -0.15) is 4.31 Å². The fraction of sp³-hybridized carbons (Fsp3) is 0.870. The van der Waals surface area contributed by atoms with Gasteiger partial charge in [0.1, 0.15) is 6.04 Å². The van der Waals surface area contributed by atoms with E-state index in [1.807, 2.05) is 0 Å². The third-order valence-electron chi connectivity index (χ3n) is 8.70. The van der Waals surface area contributed by atoms with Gasteiger partial charge in [0.15, 0.2) is 6.61 Å². The molecule has 1 unspecified atom stereocenters. The van der Waals surface area contributed by atoms with Gasteiger partial charge in [0.2, 0.25) is 15.9 Å². The number of nitrogens with zero attached hydrogens (tertiary/aromatic N) is 3. The van der Waals surface area contributed by atoms with Crippen molar-refractivity contribution in [3.63, 3.8) is 0 Å². The smallest absolute Gasteiger partial charge is 0.329 e. The number of aliphatic hydroxyl groups excluding tert-OH is 1. The molecule has 2 heterocycles. The van der Waals surface area contributed by atoms with E-state index in [0.29, 0.717) is 17.8 Å². The lowest BCUT2D eigenvalue weighted by Gasteiger charge is -2.56. The second kappa shape index (κ2) is 8.74. The highest BCUT2D eigenvalue weighted by molar-refractivity contribution is 7.88. The number of rotatable bonds is 5. The van der Waals surface area contributed by atoms with Gasteiger partial charge in [0.25, 0.3) is 5.91 Å². The van der Waals surface area contributed by atoms with Crippen LogP contribution in [0, 0.1) is 23.2 Å². The lowest BCUT2D eigenvalue weighted by molar-refractivity contribution is -0.167. The summed E-state index contributed by atoms with van der Waals surface area (Å²) in [6, 6.07) is -0.870. The van der Waals surface area contributed by atoms with Crippen molar-refractivity contribution in [1.82, 2.24) is 14.1 Å². The summed E-state index contributed by atoms with van der Waals surface area (Å²) >= 11 is 0. The van der Waals surface area contributed by atoms with E-state index in [1.165, 1.54) is 33.4 Å². The van der Waals surface area contributed by atoms with Crippen LogP contribution in [0.15, 0.2) is 0 Å². The van der Waals surface area contributed by atoms with Gasteiger partial charge in [-0.1, -0.05) is 0 Å². The number of carbonyl (C=O) groups is 3. The number of esters is 1. The number of sulfonamides is 1. The summed E-state index contributed by atoms with van der Waals surface area (Å²) in [6.07, 6.45) is 6.74. The van der Waals surface area contributed by atoms with Gasteiger partial charge in [0.05, 0.1) is 17.8 Å². The number of carbonyl (C=O) groups excluding carboxylic acids is 3. The van der Waals surface area contributed by atoms with Crippen molar-refractivity contribution in [3.8, 4) is 0 Å². The minimum atomic E-state index is -3.30. The van der Waals surface area contributed by atoms with E-state index < -0.39 is 40.2 Å². The second-order valence-electron chi connectivity index (χ2n) is 11.2. The van der Waals surface area contributed by atoms with Crippen LogP contribution in [0.3, 0.4) is 0 Å². The summed E-state index contributed by atoms with van der Waals surface area (Å²) in [6.45, 7) is 0.567. The van der Waals surface area contributed by atoms with Crippen LogP contribution in [0.4, 0.5) is 0 Å². The molecule has 4 saturated carbocycles. The van der Waals surface area contributed by atoms with Gasteiger partial charge in [-0.15, -0.1) is 0 Å². The molecule has 190 valence electrons. The molecular weight excluding hydrogens is 462 g/mol. The normalized spacial score (nSPS) is 37.8. The number of likely N-dealkylation sites (tertiary alicyclic amines) is 1. The van der Waals surface area contributed by atoms with Crippen LogP contribution in [0.5, 0.6) is 0 Å². The van der Waals surface area contributed by atoms with Crippen LogP contribution in [0.25, 0.3) is 0 Å². The molecule has 6 aliphatic rings. The predicted molar refractivity (Wildman–Crippen MR) is 121 cm³/mol. The van der Waals surface area contributed by atoms with E-state index in [2.05, 4.69) is 0 Å². The fourth-order valence-corrected chi connectivity index (χ4v) is 8.35. The number of ether oxygens (including phenoxy) is 1. The van der Waals surface area contributed by atoms with Crippen LogP contribution >= 0.6 is 0 Å². The fourth-order valence-electron chi connectivity index (χ4n) is 7.53. The molecule has 0 aromatic rings. The van der Waals surface area contributed by atoms with Gasteiger partial charge in [0, 0.05) is 39.1 Å². The molecule has 11 heteroatoms. The summed E-state index contributed by atoms with van der Waals surface area (Å²) < 4.78 is 29.9. The van der Waals surface area contributed by atoms with Crippen molar-refractivity contribution in [2.45, 2.75) is 57.1 Å². The average molecular weight is 498 g/mol. The van der Waals surface area contributed by atoms with Crippen LogP contribution in [-0.4, -0.2) is 103 Å². The molecule has 4 aliphatic carbocycles. The zero-order chi connectivity index (χ0) is 24.3. The molecule has 1 N–H and O–H groups in total. The Kier molecular flexibility index (Phi) is 6.17. The first kappa shape index (κ1) is 24.0. The standard InChI is InChI=1S/C23H35N3O7S/c1-34(31,32)25-4-2-24(3-5-25)20(28)14-33-21(29)19-9-18(27)13-26(19)22(30)23-10-15-6-16(11-23)8-17(7-15)12-23/h15-19,27H,2-14H2,1H3/t15?,16?,17?,18?,19-,23?/m0/s1. The van der Waals surface area contributed by atoms with Crippen molar-refractivity contribution in [2.75, 3.05) is 45.6 Å². The lowest BCUT2D eigenvalue weighted by atomic mass is 9.49. The summed E-state index contributed by atoms with van der Waals surface area (Å²) in [7, 11) is -3.30. The van der Waals surface area contributed by atoms with Gasteiger partial charge in [-0.05, 0) is 56.3 Å². The molecule has 2 atom stereocenters. The van der Waals surface area contributed by atoms with Gasteiger partial charge in [-0.25, -0.2) is 13.2 Å². The Balaban J connectivity index is 1.18. The Morgan fingerprint density at radius 3 is 2.03 bits per heavy atom. The molecule has 34 heavy (non-hydrogen) atoms. The molecule has 0 spiro atoms. The molecule has 2 amide bonds. The van der Waals surface area contributed by atoms with Crippen LogP contribution in [-0.2, 0) is 29.1 Å². The quantitative estimate of drug-likeness (QED) is 0.522. The summed E-state index contributed by atoms with van der Waals surface area (Å²) in [5.74, 6) is 0.710. The molecule has 0 aromatic carbocycles. The van der Waals surface area contributed by atoms with Crippen molar-refractivity contribution >= 4 is 27.8 Å². The zero-order valence-electron chi connectivity index (χ0n) is 19.7. The van der Waals surface area contributed by atoms with Crippen molar-refractivity contribution in [1.29, 1.82) is 0 Å². The van der Waals surface area contributed by atoms with Crippen LogP contribution in [0.2, 0.25) is 0 Å². The van der Waals surface area contributed by atoms with Gasteiger partial charge >= 0.3 is 5.97 Å². The Labute approximate surface area is 200 Å². The topological polar surface area (TPSA) is 125 Å². The molecule has 0 aromatic heterocycles. The van der Waals surface area contributed by atoms with Crippen molar-refractivity contribution in [2.24, 2.45) is 23.2 Å². The molecule has 6 rings (SSSR count). The molecule has 10 nitrogen and oxygen atoms in total. The molecular formula is C23H35N3O7S. The Bertz CT molecular complexity index is 924. The number of β-amino-alcohol motifs (C(OH)–C–C–N with tert-alkyl or cyclic N) is 1. The summed E-state index contributed by atoms with van der Waals surface area (Å²) in [5.41, 5.74) is -0.410. The van der Waals surface area contributed by atoms with E-state index in [9.17, 15) is 27.9 Å². The first-order chi connectivity index (χ1) is 16.0. The van der Waals surface area contributed by atoms with E-state index in [4.69, 9.17) is 4.74 Å². The highest BCUT2D eigenvalue weighted by atomic mass is 32.2. The second-order valence-corrected chi connectivity index (χ2v) is 13.2. The SMILES string of the molecule is CS(=O)(=O)N1CCN(C(=O)COC(=O)[C@@H]2CC(O)CN2C(=O)C23CC4CC(CC(C4)C2)C3)CC1. The molecule has 0 radical (unpaired) electrons. The molecule has 6 fully saturated rings. The van der Waals surface area contributed by atoms with Crippen LogP contribution < -0.4 is 0 Å². The van der Waals surface area contributed by atoms with E-state index in [1.54, 1.807) is 0 Å². The third kappa shape index (κ3) is 4.46. The predicted octanol–water partition coefficient (Wildman–Crippen LogP) is -0.188. The highest BCUT2D eigenvalue weighted by Gasteiger charge is 2.57. The Morgan fingerprint density at radius 1 is 0.941 bits per heavy atom. The average Bonchev–Trinajstić information content (AvgIpc) is 3.17. The molecule has 2 saturated heterocycles. The van der Waals surface area contributed by atoms with E-state index in [0.717, 1.165) is 25.5 Å². The monoisotopic (exact) mass is 497 g/mol. The zero-order valence-corrected chi connectivity index (χ0v) is 20.5. The maximum absolute atomic E-state index is 13.7. The number of aliphatic hydroxyl groups is 1. The minimum absolute atomic E-state index is 0.0201. The largest absolute Gasteiger partial charge is 0.454 e. The lowest BCUT2D eigenvalue weighted by Crippen LogP contribution is -2.56. The number of hydrogen-bond donors (Lipinski definition) is 1. The minimum Gasteiger partial charge on any atom is -0.454 e.